The Balaban J connectivity index is 0.000000131. The first-order valence-electron chi connectivity index (χ1n) is 19.2. The summed E-state index contributed by atoms with van der Waals surface area (Å²) in [5.74, 6) is 2.50. The van der Waals surface area contributed by atoms with Crippen LogP contribution in [0.2, 0.25) is 0 Å². The van der Waals surface area contributed by atoms with Gasteiger partial charge in [-0.3, -0.25) is 14.6 Å². The van der Waals surface area contributed by atoms with Gasteiger partial charge in [0, 0.05) is 48.8 Å². The Morgan fingerprint density at radius 3 is 1.77 bits per heavy atom. The van der Waals surface area contributed by atoms with Crippen molar-refractivity contribution < 1.29 is 25.2 Å². The number of aromatic hydroxyl groups is 2. The van der Waals surface area contributed by atoms with Crippen molar-refractivity contribution in [3.05, 3.63) is 58.7 Å². The molecule has 2 aromatic carbocycles. The van der Waals surface area contributed by atoms with Gasteiger partial charge in [-0.15, -0.1) is 0 Å². The fourth-order valence-electron chi connectivity index (χ4n) is 12.1. The molecular formula is C41H54N2O5. The molecule has 7 nitrogen and oxygen atoms in total. The lowest BCUT2D eigenvalue weighted by Gasteiger charge is -2.64. The van der Waals surface area contributed by atoms with Crippen LogP contribution in [0.25, 0.3) is 0 Å². The summed E-state index contributed by atoms with van der Waals surface area (Å²) in [5.41, 5.74) is 2.78. The van der Waals surface area contributed by atoms with Gasteiger partial charge >= 0.3 is 0 Å². The fraction of sp³-hybridized carbons (Fsp3) is 0.683. The normalized spacial score (nSPS) is 38.8. The molecule has 4 saturated carbocycles. The summed E-state index contributed by atoms with van der Waals surface area (Å²) in [4.78, 5) is 17.5. The maximum atomic E-state index is 12.3. The van der Waals surface area contributed by atoms with Gasteiger partial charge in [0.05, 0.1) is 11.2 Å². The molecule has 7 heteroatoms. The van der Waals surface area contributed by atoms with Crippen LogP contribution in [0.1, 0.15) is 112 Å². The lowest BCUT2D eigenvalue weighted by atomic mass is 9.49. The Kier molecular flexibility index (Phi) is 7.41. The number of ketones is 1. The van der Waals surface area contributed by atoms with E-state index in [1.807, 2.05) is 24.3 Å². The second-order valence-corrected chi connectivity index (χ2v) is 17.3. The van der Waals surface area contributed by atoms with Crippen LogP contribution in [0.5, 0.6) is 11.5 Å². The van der Waals surface area contributed by atoms with E-state index in [1.165, 1.54) is 61.8 Å². The van der Waals surface area contributed by atoms with Crippen LogP contribution in [0.15, 0.2) is 36.4 Å². The number of carbonyl (C=O) groups is 1. The Morgan fingerprint density at radius 2 is 1.19 bits per heavy atom. The number of aliphatic hydroxyl groups is 2. The number of carbonyl (C=O) groups excluding carboxylic acids is 1. The van der Waals surface area contributed by atoms with E-state index in [9.17, 15) is 25.2 Å². The summed E-state index contributed by atoms with van der Waals surface area (Å²) in [5, 5.41) is 43.9. The van der Waals surface area contributed by atoms with Crippen molar-refractivity contribution in [2.75, 3.05) is 26.2 Å². The van der Waals surface area contributed by atoms with E-state index in [0.717, 1.165) is 82.0 Å². The molecule has 0 radical (unpaired) electrons. The summed E-state index contributed by atoms with van der Waals surface area (Å²) >= 11 is 0. The summed E-state index contributed by atoms with van der Waals surface area (Å²) in [6.45, 7) is 4.32. The van der Waals surface area contributed by atoms with E-state index in [2.05, 4.69) is 15.9 Å². The van der Waals surface area contributed by atoms with Gasteiger partial charge in [-0.2, -0.15) is 0 Å². The van der Waals surface area contributed by atoms with Crippen molar-refractivity contribution >= 4 is 5.78 Å². The number of phenolic OH excluding ortho intramolecular Hbond substituents is 2. The minimum Gasteiger partial charge on any atom is -0.508 e. The topological polar surface area (TPSA) is 104 Å². The van der Waals surface area contributed by atoms with E-state index in [4.69, 9.17) is 0 Å². The van der Waals surface area contributed by atoms with Gasteiger partial charge in [0.15, 0.2) is 0 Å². The van der Waals surface area contributed by atoms with Gasteiger partial charge in [-0.05, 0) is 142 Å². The molecule has 0 amide bonds. The first-order chi connectivity index (χ1) is 23.1. The van der Waals surface area contributed by atoms with Crippen LogP contribution >= 0.6 is 0 Å². The summed E-state index contributed by atoms with van der Waals surface area (Å²) < 4.78 is 0. The van der Waals surface area contributed by atoms with Crippen LogP contribution in [-0.2, 0) is 28.5 Å². The molecular weight excluding hydrogens is 600 g/mol. The van der Waals surface area contributed by atoms with Crippen molar-refractivity contribution in [2.24, 2.45) is 11.8 Å². The number of likely N-dealkylation sites (tertiary alicyclic amines) is 2. The number of nitrogens with zero attached hydrogens (tertiary/aromatic N) is 2. The zero-order valence-electron chi connectivity index (χ0n) is 28.5. The predicted octanol–water partition coefficient (Wildman–Crippen LogP) is 5.52. The molecule has 2 saturated heterocycles. The summed E-state index contributed by atoms with van der Waals surface area (Å²) in [6, 6.07) is 11.8. The van der Waals surface area contributed by atoms with E-state index in [1.54, 1.807) is 6.07 Å². The first-order valence-corrected chi connectivity index (χ1v) is 19.2. The highest BCUT2D eigenvalue weighted by molar-refractivity contribution is 5.82. The van der Waals surface area contributed by atoms with Gasteiger partial charge in [0.1, 0.15) is 17.3 Å². The number of phenols is 2. The van der Waals surface area contributed by atoms with Crippen LogP contribution in [0.3, 0.4) is 0 Å². The van der Waals surface area contributed by atoms with Crippen molar-refractivity contribution in [1.82, 2.24) is 9.80 Å². The monoisotopic (exact) mass is 654 g/mol. The summed E-state index contributed by atoms with van der Waals surface area (Å²) in [6.07, 6.45) is 16.2. The van der Waals surface area contributed by atoms with Gasteiger partial charge < -0.3 is 20.4 Å². The maximum Gasteiger partial charge on any atom is 0.134 e. The standard InChI is InChI=1S/C21H29NO2.C20H25NO3/c23-17-7-6-16-12-19-21(24)9-2-1-8-20(21,18(16)13-17)10-11-22(19)14-15-4-3-5-15;22-15-4-3-14-9-18-20(24)6-5-16(23)11-19(20,17(14)10-15)7-8-21(18)12-13-1-2-13/h6-7,13,15,19,23-24H,1-5,8-12,14H2;3-4,10,13,18,22,24H,1-2,5-9,11-12H2/t19-,20+,21-;18-,19-,20-/m11/s1. The van der Waals surface area contributed by atoms with Gasteiger partial charge in [-0.1, -0.05) is 31.4 Å². The van der Waals surface area contributed by atoms with Crippen LogP contribution in [0.4, 0.5) is 0 Å². The Labute approximate surface area is 285 Å². The number of Topliss-reactive ketones (excluding diaryl/α,β-unsaturated/α-hetero) is 1. The smallest absolute Gasteiger partial charge is 0.134 e. The average Bonchev–Trinajstić information content (AvgIpc) is 3.87. The van der Waals surface area contributed by atoms with Crippen molar-refractivity contribution in [1.29, 1.82) is 0 Å². The molecule has 2 heterocycles. The molecule has 4 N–H and O–H groups in total. The van der Waals surface area contributed by atoms with Gasteiger partial charge in [-0.25, -0.2) is 0 Å². The molecule has 0 spiro atoms. The zero-order chi connectivity index (χ0) is 32.9. The number of benzene rings is 2. The molecule has 10 rings (SSSR count). The number of rotatable bonds is 4. The number of hydrogen-bond donors (Lipinski definition) is 4. The molecule has 258 valence electrons. The Hall–Kier alpha value is -2.45. The zero-order valence-corrected chi connectivity index (χ0v) is 28.5. The highest BCUT2D eigenvalue weighted by Gasteiger charge is 2.65. The van der Waals surface area contributed by atoms with Gasteiger partial charge in [0.2, 0.25) is 0 Å². The second kappa shape index (κ2) is 11.3. The largest absolute Gasteiger partial charge is 0.508 e. The van der Waals surface area contributed by atoms with E-state index in [0.29, 0.717) is 25.0 Å². The van der Waals surface area contributed by atoms with Crippen molar-refractivity contribution in [3.8, 4) is 11.5 Å². The van der Waals surface area contributed by atoms with E-state index < -0.39 is 16.6 Å². The average molecular weight is 655 g/mol. The third-order valence-electron chi connectivity index (χ3n) is 14.9. The molecule has 6 aliphatic carbocycles. The molecule has 0 unspecified atom stereocenters. The maximum absolute atomic E-state index is 12.3. The molecule has 6 atom stereocenters. The highest BCUT2D eigenvalue weighted by atomic mass is 16.3. The van der Waals surface area contributed by atoms with Crippen LogP contribution in [0, 0.1) is 11.8 Å². The lowest BCUT2D eigenvalue weighted by Crippen LogP contribution is -2.73. The number of fused-ring (bicyclic) bond motifs is 2. The fourth-order valence-corrected chi connectivity index (χ4v) is 12.1. The molecule has 2 aliphatic heterocycles. The third kappa shape index (κ3) is 4.63. The number of hydrogen-bond acceptors (Lipinski definition) is 7. The van der Waals surface area contributed by atoms with E-state index >= 15 is 0 Å². The van der Waals surface area contributed by atoms with Crippen molar-refractivity contribution in [2.45, 2.75) is 137 Å². The SMILES string of the molecule is O=C1CC[C@@]2(O)[C@H]3Cc4ccc(O)cc4[C@@]2(CCN3CC2CC2)C1.Oc1ccc2c(c1)[C@@]13CCCC[C@@]1(O)[C@@H](C2)N(CC1CCC1)CC3. The molecule has 2 aromatic rings. The molecule has 0 aromatic heterocycles. The minimum absolute atomic E-state index is 0.108. The molecule has 8 aliphatic rings. The highest BCUT2D eigenvalue weighted by Crippen LogP contribution is 2.60. The van der Waals surface area contributed by atoms with E-state index in [-0.39, 0.29) is 29.0 Å². The van der Waals surface area contributed by atoms with Crippen molar-refractivity contribution in [3.63, 3.8) is 0 Å². The molecule has 4 bridgehead atoms. The second-order valence-electron chi connectivity index (χ2n) is 17.3. The number of piperidine rings is 2. The van der Waals surface area contributed by atoms with Crippen LogP contribution < -0.4 is 0 Å². The third-order valence-corrected chi connectivity index (χ3v) is 14.9. The molecule has 6 fully saturated rings. The van der Waals surface area contributed by atoms with Gasteiger partial charge in [0.25, 0.3) is 0 Å². The first kappa shape index (κ1) is 31.5. The predicted molar refractivity (Wildman–Crippen MR) is 184 cm³/mol. The minimum atomic E-state index is -0.838. The Morgan fingerprint density at radius 1 is 0.646 bits per heavy atom. The summed E-state index contributed by atoms with van der Waals surface area (Å²) in [7, 11) is 0. The Bertz CT molecular complexity index is 1600. The molecule has 48 heavy (non-hydrogen) atoms. The quantitative estimate of drug-likeness (QED) is 0.344. The van der Waals surface area contributed by atoms with Crippen LogP contribution in [-0.4, -0.2) is 85.5 Å². The lowest BCUT2D eigenvalue weighted by molar-refractivity contribution is -0.173.